The summed E-state index contributed by atoms with van der Waals surface area (Å²) >= 11 is 9.22. The summed E-state index contributed by atoms with van der Waals surface area (Å²) in [5.41, 5.74) is 1.80. The molecule has 0 spiro atoms. The zero-order valence-electron chi connectivity index (χ0n) is 11.1. The Labute approximate surface area is 132 Å². The molecule has 2 aromatic carbocycles. The third-order valence-corrected chi connectivity index (χ3v) is 3.66. The van der Waals surface area contributed by atoms with Crippen LogP contribution in [0.1, 0.15) is 22.8 Å². The molecule has 1 unspecified atom stereocenters. The van der Waals surface area contributed by atoms with E-state index in [0.29, 0.717) is 5.56 Å². The van der Waals surface area contributed by atoms with Gasteiger partial charge in [-0.3, -0.25) is 4.79 Å². The van der Waals surface area contributed by atoms with Crippen LogP contribution in [0.3, 0.4) is 0 Å². The lowest BCUT2D eigenvalue weighted by Crippen LogP contribution is -2.34. The Morgan fingerprint density at radius 1 is 1.25 bits per heavy atom. The highest BCUT2D eigenvalue weighted by Crippen LogP contribution is 2.13. The Morgan fingerprint density at radius 2 is 1.95 bits per heavy atom. The quantitative estimate of drug-likeness (QED) is 0.864. The van der Waals surface area contributed by atoms with Gasteiger partial charge in [0.1, 0.15) is 0 Å². The first-order valence-corrected chi connectivity index (χ1v) is 7.52. The number of rotatable bonds is 4. The molecule has 1 N–H and O–H groups in total. The summed E-state index contributed by atoms with van der Waals surface area (Å²) in [6.45, 7) is 1.99. The van der Waals surface area contributed by atoms with Crippen LogP contribution in [0.5, 0.6) is 0 Å². The lowest BCUT2D eigenvalue weighted by atomic mass is 10.1. The van der Waals surface area contributed by atoms with Crippen molar-refractivity contribution >= 4 is 33.4 Å². The van der Waals surface area contributed by atoms with E-state index in [1.807, 2.05) is 49.4 Å². The first-order valence-electron chi connectivity index (χ1n) is 6.35. The number of carbonyl (C=O) groups is 1. The first kappa shape index (κ1) is 15.1. The molecular formula is C16H15BrClNO. The van der Waals surface area contributed by atoms with Gasteiger partial charge in [-0.05, 0) is 49.2 Å². The van der Waals surface area contributed by atoms with Crippen LogP contribution in [-0.2, 0) is 6.42 Å². The number of carbonyl (C=O) groups excluding carboxylic acids is 1. The average molecular weight is 353 g/mol. The normalized spacial score (nSPS) is 11.9. The van der Waals surface area contributed by atoms with Crippen LogP contribution in [-0.4, -0.2) is 11.9 Å². The molecule has 2 nitrogen and oxygen atoms in total. The number of hydrogen-bond acceptors (Lipinski definition) is 1. The van der Waals surface area contributed by atoms with E-state index >= 15 is 0 Å². The molecule has 2 aromatic rings. The van der Waals surface area contributed by atoms with Crippen molar-refractivity contribution in [1.29, 1.82) is 0 Å². The maximum Gasteiger partial charge on any atom is 0.251 e. The van der Waals surface area contributed by atoms with Crippen LogP contribution < -0.4 is 5.32 Å². The summed E-state index contributed by atoms with van der Waals surface area (Å²) in [4.78, 5) is 12.1. The van der Waals surface area contributed by atoms with Crippen molar-refractivity contribution in [2.75, 3.05) is 0 Å². The van der Waals surface area contributed by atoms with E-state index in [1.54, 1.807) is 6.07 Å². The topological polar surface area (TPSA) is 29.1 Å². The van der Waals surface area contributed by atoms with Crippen LogP contribution in [0.15, 0.2) is 53.0 Å². The third kappa shape index (κ3) is 4.36. The fourth-order valence-corrected chi connectivity index (χ4v) is 2.49. The van der Waals surface area contributed by atoms with Gasteiger partial charge in [0.15, 0.2) is 0 Å². The van der Waals surface area contributed by atoms with Gasteiger partial charge in [0, 0.05) is 21.1 Å². The van der Waals surface area contributed by atoms with Gasteiger partial charge < -0.3 is 5.32 Å². The Hall–Kier alpha value is -1.32. The molecule has 20 heavy (non-hydrogen) atoms. The van der Waals surface area contributed by atoms with Crippen LogP contribution in [0, 0.1) is 0 Å². The van der Waals surface area contributed by atoms with Gasteiger partial charge in [-0.25, -0.2) is 0 Å². The Balaban J connectivity index is 1.95. The van der Waals surface area contributed by atoms with Crippen molar-refractivity contribution in [3.05, 3.63) is 69.2 Å². The maximum absolute atomic E-state index is 12.1. The van der Waals surface area contributed by atoms with Gasteiger partial charge in [0.25, 0.3) is 5.91 Å². The smallest absolute Gasteiger partial charge is 0.251 e. The molecule has 0 fully saturated rings. The molecule has 0 heterocycles. The molecule has 0 aliphatic rings. The van der Waals surface area contributed by atoms with Gasteiger partial charge in [-0.1, -0.05) is 45.7 Å². The highest BCUT2D eigenvalue weighted by atomic mass is 79.9. The lowest BCUT2D eigenvalue weighted by molar-refractivity contribution is 0.0940. The number of amides is 1. The third-order valence-electron chi connectivity index (χ3n) is 2.92. The second kappa shape index (κ2) is 6.91. The van der Waals surface area contributed by atoms with Gasteiger partial charge in [0.2, 0.25) is 0 Å². The molecule has 0 bridgehead atoms. The fourth-order valence-electron chi connectivity index (χ4n) is 1.96. The zero-order chi connectivity index (χ0) is 14.5. The van der Waals surface area contributed by atoms with E-state index in [1.165, 1.54) is 0 Å². The number of hydrogen-bond donors (Lipinski definition) is 1. The molecule has 2 rings (SSSR count). The van der Waals surface area contributed by atoms with Crippen molar-refractivity contribution in [1.82, 2.24) is 5.32 Å². The van der Waals surface area contributed by atoms with E-state index in [9.17, 15) is 4.79 Å². The van der Waals surface area contributed by atoms with Crippen molar-refractivity contribution in [3.8, 4) is 0 Å². The van der Waals surface area contributed by atoms with Crippen molar-refractivity contribution in [2.45, 2.75) is 19.4 Å². The summed E-state index contributed by atoms with van der Waals surface area (Å²) in [7, 11) is 0. The minimum Gasteiger partial charge on any atom is -0.349 e. The molecule has 0 saturated carbocycles. The van der Waals surface area contributed by atoms with Crippen LogP contribution in [0.2, 0.25) is 5.02 Å². The van der Waals surface area contributed by atoms with Crippen molar-refractivity contribution < 1.29 is 4.79 Å². The molecule has 104 valence electrons. The fraction of sp³-hybridized carbons (Fsp3) is 0.188. The largest absolute Gasteiger partial charge is 0.349 e. The second-order valence-corrected chi connectivity index (χ2v) is 6.07. The van der Waals surface area contributed by atoms with Crippen LogP contribution in [0.4, 0.5) is 0 Å². The van der Waals surface area contributed by atoms with Crippen LogP contribution >= 0.6 is 27.5 Å². The number of benzene rings is 2. The summed E-state index contributed by atoms with van der Waals surface area (Å²) in [6.07, 6.45) is 0.775. The lowest BCUT2D eigenvalue weighted by Gasteiger charge is -2.14. The summed E-state index contributed by atoms with van der Waals surface area (Å²) in [5, 5.41) is 3.72. The van der Waals surface area contributed by atoms with E-state index in [-0.39, 0.29) is 11.9 Å². The average Bonchev–Trinajstić information content (AvgIpc) is 2.41. The SMILES string of the molecule is CC(Cc1ccc(Cl)cc1)NC(=O)c1cccc(Br)c1. The standard InChI is InChI=1S/C16H15BrClNO/c1-11(9-12-5-7-15(18)8-6-12)19-16(20)13-3-2-4-14(17)10-13/h2-8,10-11H,9H2,1H3,(H,19,20). The van der Waals surface area contributed by atoms with Gasteiger partial charge in [-0.2, -0.15) is 0 Å². The van der Waals surface area contributed by atoms with E-state index < -0.39 is 0 Å². The Bertz CT molecular complexity index is 598. The van der Waals surface area contributed by atoms with Gasteiger partial charge in [-0.15, -0.1) is 0 Å². The molecule has 0 aromatic heterocycles. The number of nitrogens with one attached hydrogen (secondary N) is 1. The monoisotopic (exact) mass is 351 g/mol. The highest BCUT2D eigenvalue weighted by molar-refractivity contribution is 9.10. The summed E-state index contributed by atoms with van der Waals surface area (Å²) < 4.78 is 0.899. The predicted octanol–water partition coefficient (Wildman–Crippen LogP) is 4.46. The Kier molecular flexibility index (Phi) is 5.21. The summed E-state index contributed by atoms with van der Waals surface area (Å²) in [5.74, 6) is -0.0623. The van der Waals surface area contributed by atoms with E-state index in [0.717, 1.165) is 21.5 Å². The van der Waals surface area contributed by atoms with Crippen molar-refractivity contribution in [2.24, 2.45) is 0 Å². The van der Waals surface area contributed by atoms with E-state index in [4.69, 9.17) is 11.6 Å². The first-order chi connectivity index (χ1) is 9.54. The molecule has 0 saturated heterocycles. The predicted molar refractivity (Wildman–Crippen MR) is 86.2 cm³/mol. The van der Waals surface area contributed by atoms with E-state index in [2.05, 4.69) is 21.2 Å². The summed E-state index contributed by atoms with van der Waals surface area (Å²) in [6, 6.07) is 15.1. The Morgan fingerprint density at radius 3 is 2.60 bits per heavy atom. The molecule has 1 amide bonds. The minimum atomic E-state index is -0.0623. The molecular weight excluding hydrogens is 338 g/mol. The minimum absolute atomic E-state index is 0.0580. The van der Waals surface area contributed by atoms with Gasteiger partial charge in [0.05, 0.1) is 0 Å². The molecule has 4 heteroatoms. The zero-order valence-corrected chi connectivity index (χ0v) is 13.4. The molecule has 1 atom stereocenters. The van der Waals surface area contributed by atoms with Crippen LogP contribution in [0.25, 0.3) is 0 Å². The molecule has 0 aliphatic carbocycles. The highest BCUT2D eigenvalue weighted by Gasteiger charge is 2.10. The second-order valence-electron chi connectivity index (χ2n) is 4.72. The molecule has 0 radical (unpaired) electrons. The molecule has 0 aliphatic heterocycles. The van der Waals surface area contributed by atoms with Gasteiger partial charge >= 0.3 is 0 Å². The van der Waals surface area contributed by atoms with Crippen molar-refractivity contribution in [3.63, 3.8) is 0 Å². The number of halogens is 2. The maximum atomic E-state index is 12.1.